The molecular weight excluding hydrogens is 292 g/mol. The minimum atomic E-state index is 0.515. The number of benzene rings is 2. The summed E-state index contributed by atoms with van der Waals surface area (Å²) in [6.45, 7) is 2.62. The van der Waals surface area contributed by atoms with Crippen LogP contribution in [0.5, 0.6) is 5.75 Å². The maximum absolute atomic E-state index is 6.11. The molecule has 0 aliphatic rings. The van der Waals surface area contributed by atoms with Crippen molar-refractivity contribution in [3.8, 4) is 17.0 Å². The first-order valence-corrected chi connectivity index (χ1v) is 8.15. The van der Waals surface area contributed by atoms with E-state index in [1.165, 1.54) is 0 Å². The van der Waals surface area contributed by atoms with E-state index in [4.69, 9.17) is 10.5 Å². The average molecular weight is 310 g/mol. The second-order valence-corrected chi connectivity index (χ2v) is 5.95. The van der Waals surface area contributed by atoms with Crippen LogP contribution in [0.3, 0.4) is 0 Å². The van der Waals surface area contributed by atoms with E-state index in [0.29, 0.717) is 18.0 Å². The summed E-state index contributed by atoms with van der Waals surface area (Å²) in [5.41, 5.74) is 9.88. The van der Waals surface area contributed by atoms with Crippen molar-refractivity contribution in [2.45, 2.75) is 20.0 Å². The van der Waals surface area contributed by atoms with Crippen LogP contribution in [0.2, 0.25) is 0 Å². The van der Waals surface area contributed by atoms with Gasteiger partial charge in [-0.05, 0) is 30.2 Å². The van der Waals surface area contributed by atoms with Crippen molar-refractivity contribution in [2.24, 2.45) is 0 Å². The number of aromatic nitrogens is 1. The first-order valence-electron chi connectivity index (χ1n) is 7.27. The predicted molar refractivity (Wildman–Crippen MR) is 92.1 cm³/mol. The quantitative estimate of drug-likeness (QED) is 0.704. The van der Waals surface area contributed by atoms with Gasteiger partial charge in [0.1, 0.15) is 12.4 Å². The van der Waals surface area contributed by atoms with Gasteiger partial charge in [0.2, 0.25) is 0 Å². The Kier molecular flexibility index (Phi) is 4.39. The summed E-state index contributed by atoms with van der Waals surface area (Å²) in [4.78, 5) is 4.59. The molecule has 2 N–H and O–H groups in total. The Balaban J connectivity index is 1.74. The van der Waals surface area contributed by atoms with Crippen molar-refractivity contribution in [1.82, 2.24) is 4.98 Å². The first-order chi connectivity index (χ1) is 10.8. The number of rotatable bonds is 5. The lowest BCUT2D eigenvalue weighted by Crippen LogP contribution is -1.98. The highest BCUT2D eigenvalue weighted by atomic mass is 32.1. The largest absolute Gasteiger partial charge is 0.487 e. The Morgan fingerprint density at radius 1 is 1.14 bits per heavy atom. The van der Waals surface area contributed by atoms with E-state index in [9.17, 15) is 0 Å². The number of ether oxygens (including phenoxy) is 1. The van der Waals surface area contributed by atoms with Crippen molar-refractivity contribution < 1.29 is 4.74 Å². The zero-order valence-electron chi connectivity index (χ0n) is 12.5. The van der Waals surface area contributed by atoms with Crippen LogP contribution in [0.1, 0.15) is 17.5 Å². The smallest absolute Gasteiger partial charge is 0.142 e. The molecule has 3 aromatic rings. The third-order valence-corrected chi connectivity index (χ3v) is 4.39. The van der Waals surface area contributed by atoms with E-state index in [0.717, 1.165) is 28.2 Å². The molecule has 0 aliphatic heterocycles. The molecule has 0 unspecified atom stereocenters. The molecule has 3 nitrogen and oxygen atoms in total. The molecule has 0 spiro atoms. The zero-order chi connectivity index (χ0) is 15.4. The Labute approximate surface area is 134 Å². The SMILES string of the molecule is CCc1nc(-c2ccc(OCc3ccccc3)c(N)c2)cs1. The third kappa shape index (κ3) is 3.28. The maximum atomic E-state index is 6.11. The van der Waals surface area contributed by atoms with Crippen molar-refractivity contribution in [1.29, 1.82) is 0 Å². The van der Waals surface area contributed by atoms with Gasteiger partial charge in [0, 0.05) is 10.9 Å². The standard InChI is InChI=1S/C18H18N2OS/c1-2-18-20-16(12-22-18)14-8-9-17(15(19)10-14)21-11-13-6-4-3-5-7-13/h3-10,12H,2,11,19H2,1H3. The molecule has 22 heavy (non-hydrogen) atoms. The molecule has 1 aromatic heterocycles. The molecule has 0 saturated carbocycles. The van der Waals surface area contributed by atoms with Gasteiger partial charge in [0.05, 0.1) is 16.4 Å². The van der Waals surface area contributed by atoms with Crippen molar-refractivity contribution >= 4 is 17.0 Å². The molecule has 0 fully saturated rings. The lowest BCUT2D eigenvalue weighted by atomic mass is 10.1. The van der Waals surface area contributed by atoms with Crippen molar-refractivity contribution in [3.05, 3.63) is 64.5 Å². The maximum Gasteiger partial charge on any atom is 0.142 e. The normalized spacial score (nSPS) is 10.6. The van der Waals surface area contributed by atoms with Crippen molar-refractivity contribution in [3.63, 3.8) is 0 Å². The fraction of sp³-hybridized carbons (Fsp3) is 0.167. The molecule has 0 aliphatic carbocycles. The number of hydrogen-bond acceptors (Lipinski definition) is 4. The van der Waals surface area contributed by atoms with Crippen molar-refractivity contribution in [2.75, 3.05) is 5.73 Å². The summed E-state index contributed by atoms with van der Waals surface area (Å²) >= 11 is 1.68. The van der Waals surface area contributed by atoms with Gasteiger partial charge in [-0.1, -0.05) is 37.3 Å². The molecule has 1 heterocycles. The monoisotopic (exact) mass is 310 g/mol. The zero-order valence-corrected chi connectivity index (χ0v) is 13.3. The Hall–Kier alpha value is -2.33. The Morgan fingerprint density at radius 2 is 1.95 bits per heavy atom. The molecular formula is C18H18N2OS. The van der Waals surface area contributed by atoms with E-state index >= 15 is 0 Å². The number of aryl methyl sites for hydroxylation is 1. The van der Waals surface area contributed by atoms with Gasteiger partial charge in [-0.2, -0.15) is 0 Å². The summed E-state index contributed by atoms with van der Waals surface area (Å²) in [7, 11) is 0. The summed E-state index contributed by atoms with van der Waals surface area (Å²) < 4.78 is 5.80. The number of nitrogens with zero attached hydrogens (tertiary/aromatic N) is 1. The highest BCUT2D eigenvalue weighted by molar-refractivity contribution is 7.09. The fourth-order valence-electron chi connectivity index (χ4n) is 2.18. The van der Waals surface area contributed by atoms with E-state index < -0.39 is 0 Å². The molecule has 112 valence electrons. The average Bonchev–Trinajstić information content (AvgIpc) is 3.04. The van der Waals surface area contributed by atoms with Gasteiger partial charge in [0.15, 0.2) is 0 Å². The summed E-state index contributed by atoms with van der Waals surface area (Å²) in [5, 5.41) is 3.20. The van der Waals surface area contributed by atoms with E-state index in [1.807, 2.05) is 48.5 Å². The van der Waals surface area contributed by atoms with Crippen LogP contribution in [0, 0.1) is 0 Å². The van der Waals surface area contributed by atoms with Gasteiger partial charge >= 0.3 is 0 Å². The predicted octanol–water partition coefficient (Wildman–Crippen LogP) is 4.53. The topological polar surface area (TPSA) is 48.1 Å². The number of nitrogens with two attached hydrogens (primary N) is 1. The Bertz CT molecular complexity index is 753. The summed E-state index contributed by atoms with van der Waals surface area (Å²) in [6.07, 6.45) is 0.957. The van der Waals surface area contributed by atoms with Crippen LogP contribution in [0.15, 0.2) is 53.9 Å². The van der Waals surface area contributed by atoms with Gasteiger partial charge in [0.25, 0.3) is 0 Å². The lowest BCUT2D eigenvalue weighted by Gasteiger charge is -2.10. The number of anilines is 1. The lowest BCUT2D eigenvalue weighted by molar-refractivity contribution is 0.308. The minimum Gasteiger partial charge on any atom is -0.487 e. The second-order valence-electron chi connectivity index (χ2n) is 5.01. The Morgan fingerprint density at radius 3 is 2.64 bits per heavy atom. The van der Waals surface area contributed by atoms with Crippen LogP contribution < -0.4 is 10.5 Å². The van der Waals surface area contributed by atoms with Gasteiger partial charge < -0.3 is 10.5 Å². The van der Waals surface area contributed by atoms with Crippen LogP contribution >= 0.6 is 11.3 Å². The summed E-state index contributed by atoms with van der Waals surface area (Å²) in [6, 6.07) is 15.9. The molecule has 0 radical (unpaired) electrons. The fourth-order valence-corrected chi connectivity index (χ4v) is 2.93. The van der Waals surface area contributed by atoms with Crippen LogP contribution in [-0.2, 0) is 13.0 Å². The minimum absolute atomic E-state index is 0.515. The van der Waals surface area contributed by atoms with E-state index in [-0.39, 0.29) is 0 Å². The first kappa shape index (κ1) is 14.6. The molecule has 4 heteroatoms. The molecule has 2 aromatic carbocycles. The second kappa shape index (κ2) is 6.62. The highest BCUT2D eigenvalue weighted by Gasteiger charge is 2.07. The number of nitrogen functional groups attached to an aromatic ring is 1. The molecule has 0 amide bonds. The van der Waals surface area contributed by atoms with Gasteiger partial charge in [-0.25, -0.2) is 4.98 Å². The van der Waals surface area contributed by atoms with Gasteiger partial charge in [-0.3, -0.25) is 0 Å². The van der Waals surface area contributed by atoms with Gasteiger partial charge in [-0.15, -0.1) is 11.3 Å². The highest BCUT2D eigenvalue weighted by Crippen LogP contribution is 2.30. The van der Waals surface area contributed by atoms with Crippen LogP contribution in [-0.4, -0.2) is 4.98 Å². The molecule has 0 bridgehead atoms. The molecule has 0 saturated heterocycles. The van der Waals surface area contributed by atoms with E-state index in [2.05, 4.69) is 17.3 Å². The summed E-state index contributed by atoms with van der Waals surface area (Å²) in [5.74, 6) is 0.707. The number of thiazole rings is 1. The third-order valence-electron chi connectivity index (χ3n) is 3.40. The number of hydrogen-bond donors (Lipinski definition) is 1. The molecule has 0 atom stereocenters. The van der Waals surface area contributed by atoms with E-state index in [1.54, 1.807) is 11.3 Å². The van der Waals surface area contributed by atoms with Crippen LogP contribution in [0.4, 0.5) is 5.69 Å². The molecule has 3 rings (SSSR count). The van der Waals surface area contributed by atoms with Crippen LogP contribution in [0.25, 0.3) is 11.3 Å².